The van der Waals surface area contributed by atoms with Crippen LogP contribution in [0.2, 0.25) is 0 Å². The Hall–Kier alpha value is 0.730. The van der Waals surface area contributed by atoms with Crippen LogP contribution < -0.4 is 12.4 Å². The van der Waals surface area contributed by atoms with Gasteiger partial charge in [-0.3, -0.25) is 0 Å². The highest BCUT2D eigenvalue weighted by atomic mass is 79.9. The summed E-state index contributed by atoms with van der Waals surface area (Å²) < 4.78 is 1.21. The third kappa shape index (κ3) is 14.7. The Balaban J connectivity index is 0. The molecule has 0 saturated carbocycles. The first-order valence-corrected chi connectivity index (χ1v) is 8.12. The highest BCUT2D eigenvalue weighted by Crippen LogP contribution is 2.09. The van der Waals surface area contributed by atoms with Crippen molar-refractivity contribution in [2.75, 3.05) is 32.5 Å². The summed E-state index contributed by atoms with van der Waals surface area (Å²) in [4.78, 5) is 0. The zero-order valence-corrected chi connectivity index (χ0v) is 14.3. The van der Waals surface area contributed by atoms with Crippen LogP contribution in [0.25, 0.3) is 0 Å². The summed E-state index contributed by atoms with van der Waals surface area (Å²) in [5.41, 5.74) is 0. The van der Waals surface area contributed by atoms with Crippen molar-refractivity contribution in [2.45, 2.75) is 58.3 Å². The molecule has 0 saturated heterocycles. The lowest BCUT2D eigenvalue weighted by Gasteiger charge is -2.29. The maximum absolute atomic E-state index is 3.50. The van der Waals surface area contributed by atoms with E-state index in [1.54, 1.807) is 0 Å². The van der Waals surface area contributed by atoms with Crippen molar-refractivity contribution >= 4 is 15.9 Å². The molecule has 106 valence electrons. The van der Waals surface area contributed by atoms with Crippen LogP contribution in [-0.2, 0) is 0 Å². The van der Waals surface area contributed by atoms with Crippen LogP contribution in [0.4, 0.5) is 0 Å². The molecule has 0 rings (SSSR count). The second kappa shape index (κ2) is 13.2. The number of quaternary nitrogens is 1. The summed E-state index contributed by atoms with van der Waals surface area (Å²) in [6, 6.07) is 0. The van der Waals surface area contributed by atoms with E-state index in [2.05, 4.69) is 36.9 Å². The van der Waals surface area contributed by atoms with Gasteiger partial charge in [0.1, 0.15) is 0 Å². The summed E-state index contributed by atoms with van der Waals surface area (Å²) in [5.74, 6) is 0. The minimum absolute atomic E-state index is 0. The van der Waals surface area contributed by atoms with E-state index in [0.29, 0.717) is 0 Å². The first-order valence-electron chi connectivity index (χ1n) is 7.00. The number of hydrogen-bond donors (Lipinski definition) is 0. The fourth-order valence-electron chi connectivity index (χ4n) is 2.07. The Morgan fingerprint density at radius 3 is 1.76 bits per heavy atom. The molecular formula is C14H31BrClN. The molecule has 0 amide bonds. The Morgan fingerprint density at radius 1 is 0.765 bits per heavy atom. The third-order valence-electron chi connectivity index (χ3n) is 3.26. The van der Waals surface area contributed by atoms with E-state index in [4.69, 9.17) is 0 Å². The summed E-state index contributed by atoms with van der Waals surface area (Å²) >= 11 is 3.50. The van der Waals surface area contributed by atoms with Crippen LogP contribution in [0, 0.1) is 0 Å². The Morgan fingerprint density at radius 2 is 1.24 bits per heavy atom. The van der Waals surface area contributed by atoms with E-state index in [-0.39, 0.29) is 12.4 Å². The SMILES string of the molecule is CCCCCCCC[N+](C)(C)CCCCBr.[Cl-]. The van der Waals surface area contributed by atoms with Crippen LogP contribution in [-0.4, -0.2) is 37.0 Å². The smallest absolute Gasteiger partial charge is 0.0782 e. The number of unbranched alkanes of at least 4 members (excludes halogenated alkanes) is 6. The van der Waals surface area contributed by atoms with Gasteiger partial charge in [0.05, 0.1) is 27.2 Å². The first kappa shape index (κ1) is 20.1. The molecule has 0 heterocycles. The van der Waals surface area contributed by atoms with Gasteiger partial charge in [-0.2, -0.15) is 0 Å². The van der Waals surface area contributed by atoms with E-state index in [1.165, 1.54) is 68.9 Å². The van der Waals surface area contributed by atoms with Gasteiger partial charge >= 0.3 is 0 Å². The second-order valence-electron chi connectivity index (χ2n) is 5.55. The molecule has 0 spiro atoms. The van der Waals surface area contributed by atoms with Crippen molar-refractivity contribution < 1.29 is 16.9 Å². The molecule has 3 heteroatoms. The molecule has 0 aliphatic rings. The van der Waals surface area contributed by atoms with Crippen molar-refractivity contribution in [3.63, 3.8) is 0 Å². The molecule has 1 nitrogen and oxygen atoms in total. The van der Waals surface area contributed by atoms with Gasteiger partial charge in [0.25, 0.3) is 0 Å². The minimum Gasteiger partial charge on any atom is -1.00 e. The van der Waals surface area contributed by atoms with Gasteiger partial charge in [-0.05, 0) is 25.7 Å². The maximum Gasteiger partial charge on any atom is 0.0782 e. The molecule has 0 N–H and O–H groups in total. The predicted molar refractivity (Wildman–Crippen MR) is 78.2 cm³/mol. The molecular weight excluding hydrogens is 298 g/mol. The lowest BCUT2D eigenvalue weighted by molar-refractivity contribution is -0.890. The number of rotatable bonds is 11. The van der Waals surface area contributed by atoms with E-state index in [1.807, 2.05) is 0 Å². The number of nitrogens with zero attached hydrogens (tertiary/aromatic N) is 1. The van der Waals surface area contributed by atoms with Gasteiger partial charge in [0.15, 0.2) is 0 Å². The normalized spacial score (nSPS) is 11.3. The van der Waals surface area contributed by atoms with Crippen LogP contribution in [0.5, 0.6) is 0 Å². The van der Waals surface area contributed by atoms with Gasteiger partial charge in [0, 0.05) is 5.33 Å². The monoisotopic (exact) mass is 327 g/mol. The molecule has 0 aromatic rings. The molecule has 0 fully saturated rings. The average Bonchev–Trinajstić information content (AvgIpc) is 2.23. The lowest BCUT2D eigenvalue weighted by atomic mass is 10.1. The molecule has 0 radical (unpaired) electrons. The zero-order valence-electron chi connectivity index (χ0n) is 12.0. The van der Waals surface area contributed by atoms with Gasteiger partial charge in [-0.25, -0.2) is 0 Å². The average molecular weight is 329 g/mol. The van der Waals surface area contributed by atoms with Gasteiger partial charge in [0.2, 0.25) is 0 Å². The Kier molecular flexibility index (Phi) is 15.5. The summed E-state index contributed by atoms with van der Waals surface area (Å²) in [5, 5.41) is 1.16. The molecule has 0 aliphatic heterocycles. The third-order valence-corrected chi connectivity index (χ3v) is 3.82. The highest BCUT2D eigenvalue weighted by molar-refractivity contribution is 9.09. The predicted octanol–water partition coefficient (Wildman–Crippen LogP) is 1.60. The van der Waals surface area contributed by atoms with E-state index >= 15 is 0 Å². The number of halogens is 2. The molecule has 0 unspecified atom stereocenters. The topological polar surface area (TPSA) is 0 Å². The van der Waals surface area contributed by atoms with Crippen molar-refractivity contribution in [1.29, 1.82) is 0 Å². The second-order valence-corrected chi connectivity index (χ2v) is 6.34. The minimum atomic E-state index is 0. The van der Waals surface area contributed by atoms with Crippen LogP contribution in [0.3, 0.4) is 0 Å². The molecule has 0 aliphatic carbocycles. The van der Waals surface area contributed by atoms with E-state index < -0.39 is 0 Å². The molecule has 17 heavy (non-hydrogen) atoms. The van der Waals surface area contributed by atoms with Gasteiger partial charge in [-0.15, -0.1) is 0 Å². The van der Waals surface area contributed by atoms with Crippen molar-refractivity contribution in [1.82, 2.24) is 0 Å². The Bertz CT molecular complexity index is 151. The molecule has 0 bridgehead atoms. The van der Waals surface area contributed by atoms with Crippen LogP contribution in [0.15, 0.2) is 0 Å². The Labute approximate surface area is 123 Å². The number of hydrogen-bond acceptors (Lipinski definition) is 0. The van der Waals surface area contributed by atoms with E-state index in [0.717, 1.165) is 5.33 Å². The molecule has 0 aromatic heterocycles. The number of alkyl halides is 1. The van der Waals surface area contributed by atoms with Crippen molar-refractivity contribution in [3.05, 3.63) is 0 Å². The molecule has 0 atom stereocenters. The van der Waals surface area contributed by atoms with Crippen LogP contribution >= 0.6 is 15.9 Å². The van der Waals surface area contributed by atoms with Gasteiger partial charge in [-0.1, -0.05) is 48.5 Å². The maximum atomic E-state index is 3.50. The summed E-state index contributed by atoms with van der Waals surface area (Å²) in [6.45, 7) is 4.97. The fraction of sp³-hybridized carbons (Fsp3) is 1.00. The summed E-state index contributed by atoms with van der Waals surface area (Å²) in [7, 11) is 4.75. The van der Waals surface area contributed by atoms with Crippen LogP contribution in [0.1, 0.15) is 58.3 Å². The highest BCUT2D eigenvalue weighted by Gasteiger charge is 2.13. The quantitative estimate of drug-likeness (QED) is 0.307. The largest absolute Gasteiger partial charge is 1.00 e. The van der Waals surface area contributed by atoms with Crippen molar-refractivity contribution in [3.8, 4) is 0 Å². The zero-order chi connectivity index (χ0) is 12.3. The first-order chi connectivity index (χ1) is 7.62. The lowest BCUT2D eigenvalue weighted by Crippen LogP contribution is -3.00. The van der Waals surface area contributed by atoms with Gasteiger partial charge < -0.3 is 16.9 Å². The molecule has 0 aromatic carbocycles. The summed E-state index contributed by atoms with van der Waals surface area (Å²) in [6.07, 6.45) is 11.2. The standard InChI is InChI=1S/C14H31BrN.ClH/c1-4-5-6-7-8-10-13-16(2,3)14-11-9-12-15;/h4-14H2,1-3H3;1H/q+1;/p-1. The fourth-order valence-corrected chi connectivity index (χ4v) is 2.46. The van der Waals surface area contributed by atoms with Crippen molar-refractivity contribution in [2.24, 2.45) is 0 Å². The van der Waals surface area contributed by atoms with E-state index in [9.17, 15) is 0 Å².